The van der Waals surface area contributed by atoms with E-state index in [1.165, 1.54) is 109 Å². The van der Waals surface area contributed by atoms with Gasteiger partial charge in [-0.05, 0) is 19.3 Å². The number of nitrogens with one attached hydrogen (secondary N) is 3. The lowest BCUT2D eigenvalue weighted by molar-refractivity contribution is -0.421. The molecule has 6 aliphatic rings. The molecule has 6 aliphatic heterocycles. The number of aliphatic hydroxyl groups is 15. The molecule has 6 saturated heterocycles. The van der Waals surface area contributed by atoms with Crippen LogP contribution in [0.1, 0.15) is 214 Å². The molecule has 28 unspecified atom stereocenters. The molecule has 106 heavy (non-hydrogen) atoms. The van der Waals surface area contributed by atoms with E-state index in [-0.39, 0.29) is 12.3 Å². The number of amides is 3. The van der Waals surface area contributed by atoms with Crippen LogP contribution in [-0.4, -0.2) is 311 Å². The van der Waals surface area contributed by atoms with Crippen molar-refractivity contribution in [3.63, 3.8) is 0 Å². The van der Waals surface area contributed by atoms with Crippen molar-refractivity contribution in [2.75, 3.05) is 39.6 Å². The van der Waals surface area contributed by atoms with Crippen molar-refractivity contribution in [3.05, 3.63) is 12.2 Å². The fraction of sp³-hybridized carbons (Fsp3) is 0.918. The van der Waals surface area contributed by atoms with Gasteiger partial charge in [0.15, 0.2) is 31.3 Å². The average Bonchev–Trinajstić information content (AvgIpc) is 0.724. The fourth-order valence-corrected chi connectivity index (χ4v) is 14.6. The normalized spacial score (nSPS) is 35.3. The van der Waals surface area contributed by atoms with Gasteiger partial charge in [0.1, 0.15) is 110 Å². The second kappa shape index (κ2) is 47.9. The van der Waals surface area contributed by atoms with Crippen molar-refractivity contribution >= 4 is 23.7 Å². The van der Waals surface area contributed by atoms with Crippen molar-refractivity contribution in [1.29, 1.82) is 0 Å². The molecule has 0 saturated carbocycles. The Balaban J connectivity index is 1.21. The number of aliphatic hydroxyl groups excluding tert-OH is 15. The highest BCUT2D eigenvalue weighted by molar-refractivity contribution is 5.80. The van der Waals surface area contributed by atoms with Gasteiger partial charge in [-0.25, -0.2) is 4.79 Å². The number of fused-ring (bicyclic) bond motifs is 1. The highest BCUT2D eigenvalue weighted by Crippen LogP contribution is 2.45. The van der Waals surface area contributed by atoms with Crippen LogP contribution in [0, 0.1) is 0 Å². The minimum absolute atomic E-state index is 0.157. The van der Waals surface area contributed by atoms with E-state index in [4.69, 9.17) is 52.1 Å². The van der Waals surface area contributed by atoms with Crippen molar-refractivity contribution in [2.24, 2.45) is 0 Å². The average molecular weight is 1530 g/mol. The summed E-state index contributed by atoms with van der Waals surface area (Å²) in [6, 6.07) is -4.52. The molecule has 0 aromatic rings. The lowest BCUT2D eigenvalue weighted by Crippen LogP contribution is -2.75. The molecular weight excluding hydrogens is 1400 g/mol. The van der Waals surface area contributed by atoms with Crippen LogP contribution in [0.5, 0.6) is 0 Å². The van der Waals surface area contributed by atoms with E-state index in [1.807, 2.05) is 6.08 Å². The molecule has 18 N–H and O–H groups in total. The van der Waals surface area contributed by atoms with Gasteiger partial charge < -0.3 is 145 Å². The number of carbonyl (C=O) groups is 4. The first kappa shape index (κ1) is 91.5. The lowest BCUT2D eigenvalue weighted by Gasteiger charge is -2.56. The third kappa shape index (κ3) is 26.9. The van der Waals surface area contributed by atoms with E-state index in [0.717, 1.165) is 65.2 Å². The third-order valence-corrected chi connectivity index (χ3v) is 20.8. The summed E-state index contributed by atoms with van der Waals surface area (Å²) >= 11 is 0. The summed E-state index contributed by atoms with van der Waals surface area (Å²) < 4.78 is 67.4. The van der Waals surface area contributed by atoms with E-state index in [9.17, 15) is 95.8 Å². The SMILES string of the molecule is CCCCCCCCCCCCCC=CC(O)C(COC1OC(CO)C(OC2OC(CO)C(OC3OC(CO)C(O)C(OC4OC(CO)C(O)C(O)C4O)C3NC(C)=O)C3OC4(CC(O)C(NC(C)=O)C(C(O)C(O)CO)O4)C(=O)OC23)C(O)C1O)NC(=O)CCCCCCCCCCCCCCCCC. The van der Waals surface area contributed by atoms with Crippen molar-refractivity contribution in [1.82, 2.24) is 16.0 Å². The molecule has 1 spiro atoms. The van der Waals surface area contributed by atoms with E-state index < -0.39 is 235 Å². The van der Waals surface area contributed by atoms with Crippen LogP contribution in [0.3, 0.4) is 0 Å². The van der Waals surface area contributed by atoms with Crippen molar-refractivity contribution in [3.8, 4) is 0 Å². The zero-order valence-electron chi connectivity index (χ0n) is 62.3. The zero-order valence-corrected chi connectivity index (χ0v) is 62.3. The Morgan fingerprint density at radius 3 is 1.51 bits per heavy atom. The first-order chi connectivity index (χ1) is 50.9. The summed E-state index contributed by atoms with van der Waals surface area (Å²) in [5.41, 5.74) is 0. The van der Waals surface area contributed by atoms with Crippen LogP contribution < -0.4 is 16.0 Å². The Hall–Kier alpha value is -3.38. The van der Waals surface area contributed by atoms with E-state index >= 15 is 0 Å². The van der Waals surface area contributed by atoms with Crippen LogP contribution in [-0.2, 0) is 71.3 Å². The summed E-state index contributed by atoms with van der Waals surface area (Å²) in [4.78, 5) is 54.0. The molecular formula is C73H129N3O30. The lowest BCUT2D eigenvalue weighted by atomic mass is 9.87. The molecule has 28 atom stereocenters. The second-order valence-corrected chi connectivity index (χ2v) is 29.4. The zero-order chi connectivity index (χ0) is 77.5. The van der Waals surface area contributed by atoms with Gasteiger partial charge in [-0.2, -0.15) is 0 Å². The molecule has 6 heterocycles. The molecule has 616 valence electrons. The first-order valence-electron chi connectivity index (χ1n) is 39.0. The van der Waals surface area contributed by atoms with Gasteiger partial charge in [-0.15, -0.1) is 0 Å². The van der Waals surface area contributed by atoms with E-state index in [0.29, 0.717) is 12.8 Å². The van der Waals surface area contributed by atoms with Crippen LogP contribution in [0.2, 0.25) is 0 Å². The first-order valence-corrected chi connectivity index (χ1v) is 39.0. The molecule has 0 aromatic carbocycles. The fourth-order valence-electron chi connectivity index (χ4n) is 14.6. The van der Waals surface area contributed by atoms with Gasteiger partial charge in [0.05, 0.1) is 63.9 Å². The quantitative estimate of drug-likeness (QED) is 0.0206. The number of hydrogen-bond donors (Lipinski definition) is 18. The monoisotopic (exact) mass is 1530 g/mol. The van der Waals surface area contributed by atoms with Crippen LogP contribution >= 0.6 is 0 Å². The molecule has 33 nitrogen and oxygen atoms in total. The molecule has 0 radical (unpaired) electrons. The van der Waals surface area contributed by atoms with Gasteiger partial charge in [-0.1, -0.05) is 180 Å². The smallest absolute Gasteiger partial charge is 0.367 e. The molecule has 0 bridgehead atoms. The second-order valence-electron chi connectivity index (χ2n) is 29.4. The van der Waals surface area contributed by atoms with E-state index in [2.05, 4.69) is 29.8 Å². The number of hydrogen-bond acceptors (Lipinski definition) is 30. The van der Waals surface area contributed by atoms with Gasteiger partial charge in [0, 0.05) is 26.7 Å². The summed E-state index contributed by atoms with van der Waals surface area (Å²) in [6.07, 6.45) is -12.7. The predicted molar refractivity (Wildman–Crippen MR) is 375 cm³/mol. The Morgan fingerprint density at radius 2 is 0.972 bits per heavy atom. The number of allylic oxidation sites excluding steroid dienone is 1. The van der Waals surface area contributed by atoms with Gasteiger partial charge in [-0.3, -0.25) is 14.4 Å². The van der Waals surface area contributed by atoms with Crippen molar-refractivity contribution < 1.29 is 148 Å². The van der Waals surface area contributed by atoms with Crippen LogP contribution in [0.25, 0.3) is 0 Å². The minimum Gasteiger partial charge on any atom is -0.450 e. The van der Waals surface area contributed by atoms with E-state index in [1.54, 1.807) is 6.08 Å². The maximum absolute atomic E-state index is 14.8. The Kier molecular flexibility index (Phi) is 41.3. The highest BCUT2D eigenvalue weighted by atomic mass is 16.8. The maximum Gasteiger partial charge on any atom is 0.367 e. The number of esters is 1. The summed E-state index contributed by atoms with van der Waals surface area (Å²) in [5, 5.41) is 174. The highest BCUT2D eigenvalue weighted by Gasteiger charge is 2.66. The van der Waals surface area contributed by atoms with Gasteiger partial charge in [0.2, 0.25) is 17.7 Å². The molecule has 0 aromatic heterocycles. The standard InChI is InChI=1S/C73H129N3O30/c1-5-7-9-11-13-15-17-19-20-22-24-26-28-30-32-34-52(87)76-44(45(84)33-31-29-27-25-23-21-18-16-14-12-10-8-6-2)41-96-69-61(94)59(92)62(50(39-80)99-69)101-71-67-66(106-73(72(95)104-67)35-46(85)53(74-42(3)82)65(105-73)55(88)47(86)36-77)63(51(40-81)100-71)102-68-54(75-43(4)83)64(57(90)49(38-79)97-68)103-70-60(93)58(91)56(89)48(37-78)98-70/h31,33,44-51,53-71,77-81,84-86,88-94H,5-30,32,34-41H2,1-4H3,(H,74,82)(H,75,83)(H,76,87). The van der Waals surface area contributed by atoms with Crippen LogP contribution in [0.15, 0.2) is 12.2 Å². The number of unbranched alkanes of at least 4 members (excludes halogenated alkanes) is 25. The summed E-state index contributed by atoms with van der Waals surface area (Å²) in [6.45, 7) is 0.876. The topological polar surface area (TPSA) is 509 Å². The molecule has 0 aliphatic carbocycles. The Labute approximate surface area is 622 Å². The number of ether oxygens (including phenoxy) is 11. The molecule has 6 rings (SSSR count). The van der Waals surface area contributed by atoms with Gasteiger partial charge in [0.25, 0.3) is 5.79 Å². The minimum atomic E-state index is -2.91. The summed E-state index contributed by atoms with van der Waals surface area (Å²) in [5.74, 6) is -6.43. The molecule has 3 amide bonds. The predicted octanol–water partition coefficient (Wildman–Crippen LogP) is -0.562. The molecule has 6 fully saturated rings. The Morgan fingerprint density at radius 1 is 0.509 bits per heavy atom. The maximum atomic E-state index is 14.8. The van der Waals surface area contributed by atoms with Gasteiger partial charge >= 0.3 is 5.97 Å². The Bertz CT molecular complexity index is 2520. The van der Waals surface area contributed by atoms with Crippen LogP contribution in [0.4, 0.5) is 0 Å². The molecule has 33 heteroatoms. The number of carbonyl (C=O) groups excluding carboxylic acids is 4. The number of rotatable bonds is 49. The summed E-state index contributed by atoms with van der Waals surface area (Å²) in [7, 11) is 0. The largest absolute Gasteiger partial charge is 0.450 e. The van der Waals surface area contributed by atoms with Crippen molar-refractivity contribution in [2.45, 2.75) is 385 Å². The third-order valence-electron chi connectivity index (χ3n) is 20.8.